The van der Waals surface area contributed by atoms with Crippen molar-refractivity contribution in [2.75, 3.05) is 0 Å². The predicted octanol–water partition coefficient (Wildman–Crippen LogP) is 5.46. The van der Waals surface area contributed by atoms with Gasteiger partial charge in [0.2, 0.25) is 0 Å². The minimum atomic E-state index is -0.157. The summed E-state index contributed by atoms with van der Waals surface area (Å²) in [5, 5.41) is 0. The summed E-state index contributed by atoms with van der Waals surface area (Å²) in [6, 6.07) is 0. The van der Waals surface area contributed by atoms with Gasteiger partial charge in [0, 0.05) is 24.1 Å². The maximum Gasteiger partial charge on any atom is 0.302 e. The average molecular weight is 437 g/mol. The molecule has 8 atom stereocenters. The lowest BCUT2D eigenvalue weighted by Gasteiger charge is -2.58. The molecule has 0 aromatic heterocycles. The summed E-state index contributed by atoms with van der Waals surface area (Å²) >= 11 is 3.88. The van der Waals surface area contributed by atoms with E-state index in [1.165, 1.54) is 25.3 Å². The highest BCUT2D eigenvalue weighted by atomic mass is 79.9. The fourth-order valence-corrected chi connectivity index (χ4v) is 9.03. The van der Waals surface area contributed by atoms with Gasteiger partial charge >= 0.3 is 5.97 Å². The van der Waals surface area contributed by atoms with Gasteiger partial charge in [-0.3, -0.25) is 9.59 Å². The number of allylic oxidation sites excluding steroid dienone is 1. The molecule has 0 spiro atoms. The van der Waals surface area contributed by atoms with Crippen LogP contribution in [-0.2, 0) is 14.3 Å². The Kier molecular flexibility index (Phi) is 4.89. The van der Waals surface area contributed by atoms with E-state index in [0.29, 0.717) is 28.4 Å². The first-order chi connectivity index (χ1) is 12.7. The van der Waals surface area contributed by atoms with Gasteiger partial charge in [0.15, 0.2) is 0 Å². The Balaban J connectivity index is 1.61. The molecule has 0 bridgehead atoms. The second-order valence-corrected chi connectivity index (χ2v) is 11.3. The van der Waals surface area contributed by atoms with Crippen LogP contribution in [0.25, 0.3) is 0 Å². The number of Topliss-reactive ketones (excluding diaryl/α,β-unsaturated/α-hetero) is 1. The molecular weight excluding hydrogens is 404 g/mol. The summed E-state index contributed by atoms with van der Waals surface area (Å²) in [6.07, 6.45) is 10.2. The standard InChI is InChI=1S/C23H33BrO3/c1-13(25)21-20(24)12-19-17-6-5-15-11-16(27-14(2)26)7-9-22(15,3)18(17)8-10-23(19,21)4/h5,16-21H,6-12H2,1-4H3/t16-,17-,18+,19+,20-,21+,22+,23+/m1/s1. The van der Waals surface area contributed by atoms with Crippen molar-refractivity contribution >= 4 is 27.7 Å². The van der Waals surface area contributed by atoms with Crippen LogP contribution in [-0.4, -0.2) is 22.7 Å². The second-order valence-electron chi connectivity index (χ2n) is 10.1. The molecule has 3 nitrogen and oxygen atoms in total. The largest absolute Gasteiger partial charge is 0.462 e. The van der Waals surface area contributed by atoms with Crippen molar-refractivity contribution in [3.8, 4) is 0 Å². The molecule has 4 aliphatic rings. The highest BCUT2D eigenvalue weighted by molar-refractivity contribution is 9.09. The molecule has 0 amide bonds. The van der Waals surface area contributed by atoms with E-state index in [4.69, 9.17) is 4.74 Å². The predicted molar refractivity (Wildman–Crippen MR) is 110 cm³/mol. The molecule has 0 heterocycles. The number of fused-ring (bicyclic) bond motifs is 5. The van der Waals surface area contributed by atoms with Crippen LogP contribution in [0.4, 0.5) is 0 Å². The Hall–Kier alpha value is -0.640. The quantitative estimate of drug-likeness (QED) is 0.327. The van der Waals surface area contributed by atoms with Gasteiger partial charge in [-0.2, -0.15) is 0 Å². The molecule has 3 fully saturated rings. The Morgan fingerprint density at radius 1 is 1.15 bits per heavy atom. The molecule has 3 saturated carbocycles. The van der Waals surface area contributed by atoms with Crippen LogP contribution in [0.1, 0.15) is 72.6 Å². The number of ketones is 1. The van der Waals surface area contributed by atoms with Gasteiger partial charge in [-0.05, 0) is 74.0 Å². The highest BCUT2D eigenvalue weighted by Crippen LogP contribution is 2.67. The van der Waals surface area contributed by atoms with Crippen molar-refractivity contribution < 1.29 is 14.3 Å². The van der Waals surface area contributed by atoms with Crippen LogP contribution in [0.15, 0.2) is 11.6 Å². The number of halogens is 1. The van der Waals surface area contributed by atoms with E-state index in [1.54, 1.807) is 6.92 Å². The monoisotopic (exact) mass is 436 g/mol. The summed E-state index contributed by atoms with van der Waals surface area (Å²) in [5.74, 6) is 2.40. The maximum atomic E-state index is 12.4. The molecule has 0 aromatic rings. The number of hydrogen-bond donors (Lipinski definition) is 0. The molecule has 4 heteroatoms. The molecular formula is C23H33BrO3. The third kappa shape index (κ3) is 2.96. The molecule has 0 aliphatic heterocycles. The summed E-state index contributed by atoms with van der Waals surface area (Å²) < 4.78 is 5.54. The van der Waals surface area contributed by atoms with Gasteiger partial charge in [0.25, 0.3) is 0 Å². The van der Waals surface area contributed by atoms with Crippen LogP contribution >= 0.6 is 15.9 Å². The van der Waals surface area contributed by atoms with E-state index in [2.05, 4.69) is 35.9 Å². The van der Waals surface area contributed by atoms with E-state index in [9.17, 15) is 9.59 Å². The Labute approximate surface area is 171 Å². The van der Waals surface area contributed by atoms with Crippen molar-refractivity contribution in [1.82, 2.24) is 0 Å². The summed E-state index contributed by atoms with van der Waals surface area (Å²) in [7, 11) is 0. The van der Waals surface area contributed by atoms with Crippen molar-refractivity contribution in [2.45, 2.75) is 83.6 Å². The van der Waals surface area contributed by atoms with Crippen LogP contribution in [0, 0.1) is 34.5 Å². The van der Waals surface area contributed by atoms with E-state index in [0.717, 1.165) is 32.1 Å². The van der Waals surface area contributed by atoms with Crippen LogP contribution in [0.3, 0.4) is 0 Å². The van der Waals surface area contributed by atoms with Crippen molar-refractivity contribution in [2.24, 2.45) is 34.5 Å². The third-order valence-corrected chi connectivity index (χ3v) is 9.72. The number of ether oxygens (including phenoxy) is 1. The minimum Gasteiger partial charge on any atom is -0.462 e. The maximum absolute atomic E-state index is 12.4. The van der Waals surface area contributed by atoms with Gasteiger partial charge in [0.05, 0.1) is 0 Å². The van der Waals surface area contributed by atoms with Gasteiger partial charge < -0.3 is 4.74 Å². The van der Waals surface area contributed by atoms with Gasteiger partial charge in [-0.1, -0.05) is 41.4 Å². The summed E-state index contributed by atoms with van der Waals surface area (Å²) in [6.45, 7) is 8.16. The van der Waals surface area contributed by atoms with Crippen LogP contribution in [0.2, 0.25) is 0 Å². The average Bonchev–Trinajstić information content (AvgIpc) is 2.85. The molecule has 27 heavy (non-hydrogen) atoms. The van der Waals surface area contributed by atoms with Crippen LogP contribution in [0.5, 0.6) is 0 Å². The zero-order valence-corrected chi connectivity index (χ0v) is 18.7. The SMILES string of the molecule is CC(=O)O[C@@H]1CC[C@@]2(C)C(=CC[C@H]3[C@@H]4C[C@@H](Br)[C@H](C(C)=O)[C@@]4(C)CC[C@@H]32)C1. The lowest BCUT2D eigenvalue weighted by Crippen LogP contribution is -2.51. The Morgan fingerprint density at radius 2 is 1.89 bits per heavy atom. The molecule has 0 N–H and O–H groups in total. The minimum absolute atomic E-state index is 0.0627. The second kappa shape index (κ2) is 6.71. The summed E-state index contributed by atoms with van der Waals surface area (Å²) in [4.78, 5) is 24.1. The number of hydrogen-bond acceptors (Lipinski definition) is 3. The smallest absolute Gasteiger partial charge is 0.302 e. The van der Waals surface area contributed by atoms with Crippen molar-refractivity contribution in [3.05, 3.63) is 11.6 Å². The third-order valence-electron chi connectivity index (χ3n) is 8.82. The lowest BCUT2D eigenvalue weighted by atomic mass is 9.47. The zero-order valence-electron chi connectivity index (χ0n) is 17.1. The van der Waals surface area contributed by atoms with Crippen LogP contribution < -0.4 is 0 Å². The van der Waals surface area contributed by atoms with E-state index >= 15 is 0 Å². The topological polar surface area (TPSA) is 43.4 Å². The first kappa shape index (κ1) is 19.7. The number of carbonyl (C=O) groups is 2. The molecule has 0 saturated heterocycles. The first-order valence-electron chi connectivity index (χ1n) is 10.7. The van der Waals surface area contributed by atoms with Gasteiger partial charge in [-0.25, -0.2) is 0 Å². The molecule has 4 aliphatic carbocycles. The van der Waals surface area contributed by atoms with Crippen molar-refractivity contribution in [1.29, 1.82) is 0 Å². The number of esters is 1. The molecule has 150 valence electrons. The van der Waals surface area contributed by atoms with Gasteiger partial charge in [-0.15, -0.1) is 0 Å². The molecule has 0 radical (unpaired) electrons. The molecule has 0 unspecified atom stereocenters. The normalized spacial score (nSPS) is 48.7. The molecule has 4 rings (SSSR count). The number of carbonyl (C=O) groups excluding carboxylic acids is 2. The van der Waals surface area contributed by atoms with E-state index < -0.39 is 0 Å². The number of alkyl halides is 1. The first-order valence-corrected chi connectivity index (χ1v) is 11.6. The molecule has 0 aromatic carbocycles. The lowest BCUT2D eigenvalue weighted by molar-refractivity contribution is -0.149. The number of rotatable bonds is 2. The Bertz CT molecular complexity index is 685. The van der Waals surface area contributed by atoms with Gasteiger partial charge in [0.1, 0.15) is 11.9 Å². The fraction of sp³-hybridized carbons (Fsp3) is 0.826. The van der Waals surface area contributed by atoms with Crippen molar-refractivity contribution in [3.63, 3.8) is 0 Å². The zero-order chi connectivity index (χ0) is 19.6. The van der Waals surface area contributed by atoms with E-state index in [1.807, 2.05) is 0 Å². The highest BCUT2D eigenvalue weighted by Gasteiger charge is 2.61. The summed E-state index contributed by atoms with van der Waals surface area (Å²) in [5.41, 5.74) is 1.93. The fourth-order valence-electron chi connectivity index (χ4n) is 7.65. The van der Waals surface area contributed by atoms with E-state index in [-0.39, 0.29) is 28.8 Å². The Morgan fingerprint density at radius 3 is 2.56 bits per heavy atom.